The van der Waals surface area contributed by atoms with Crippen molar-refractivity contribution in [2.75, 3.05) is 0 Å². The maximum Gasteiger partial charge on any atom is 0.0596 e. The first-order chi connectivity index (χ1) is 8.62. The van der Waals surface area contributed by atoms with E-state index in [0.717, 1.165) is 12.1 Å². The molecule has 0 aromatic carbocycles. The van der Waals surface area contributed by atoms with Gasteiger partial charge >= 0.3 is 0 Å². The first-order valence-corrected chi connectivity index (χ1v) is 7.07. The fourth-order valence-electron chi connectivity index (χ4n) is 2.73. The number of rotatable bonds is 8. The normalized spacial score (nSPS) is 13.2. The predicted octanol–water partition coefficient (Wildman–Crippen LogP) is 2.32. The number of aromatic nitrogens is 2. The third kappa shape index (κ3) is 4.10. The molecule has 0 radical (unpaired) electrons. The Labute approximate surface area is 111 Å². The Kier molecular flexibility index (Phi) is 6.36. The topological polar surface area (TPSA) is 55.9 Å². The lowest BCUT2D eigenvalue weighted by atomic mass is 9.88. The van der Waals surface area contributed by atoms with E-state index in [-0.39, 0.29) is 0 Å². The van der Waals surface area contributed by atoms with Gasteiger partial charge < -0.3 is 0 Å². The van der Waals surface area contributed by atoms with Crippen molar-refractivity contribution < 1.29 is 0 Å². The van der Waals surface area contributed by atoms with Crippen LogP contribution in [0.25, 0.3) is 0 Å². The maximum atomic E-state index is 5.76. The second-order valence-corrected chi connectivity index (χ2v) is 5.22. The molecule has 0 aliphatic rings. The van der Waals surface area contributed by atoms with E-state index in [4.69, 9.17) is 5.84 Å². The molecule has 1 aromatic heterocycles. The van der Waals surface area contributed by atoms with Crippen molar-refractivity contribution >= 4 is 0 Å². The number of nitrogens with zero attached hydrogens (tertiary/aromatic N) is 2. The van der Waals surface area contributed by atoms with Crippen molar-refractivity contribution in [1.82, 2.24) is 15.2 Å². The highest BCUT2D eigenvalue weighted by atomic mass is 15.3. The van der Waals surface area contributed by atoms with Gasteiger partial charge in [-0.1, -0.05) is 26.7 Å². The third-order valence-electron chi connectivity index (χ3n) is 3.63. The zero-order valence-corrected chi connectivity index (χ0v) is 12.2. The molecule has 1 aromatic rings. The van der Waals surface area contributed by atoms with Gasteiger partial charge in [0.05, 0.1) is 5.69 Å². The molecule has 1 rings (SSSR count). The van der Waals surface area contributed by atoms with E-state index >= 15 is 0 Å². The van der Waals surface area contributed by atoms with Gasteiger partial charge in [-0.3, -0.25) is 16.0 Å². The summed E-state index contributed by atoms with van der Waals surface area (Å²) in [6.07, 6.45) is 5.86. The fourth-order valence-corrected chi connectivity index (χ4v) is 2.73. The van der Waals surface area contributed by atoms with Gasteiger partial charge in [-0.2, -0.15) is 5.10 Å². The molecular formula is C14H28N4. The summed E-state index contributed by atoms with van der Waals surface area (Å²) in [5.74, 6) is 6.41. The minimum Gasteiger partial charge on any atom is -0.272 e. The van der Waals surface area contributed by atoms with Crippen molar-refractivity contribution in [2.45, 2.75) is 58.9 Å². The molecule has 104 valence electrons. The van der Waals surface area contributed by atoms with Gasteiger partial charge in [-0.15, -0.1) is 0 Å². The lowest BCUT2D eigenvalue weighted by molar-refractivity contribution is 0.307. The van der Waals surface area contributed by atoms with Crippen molar-refractivity contribution in [3.05, 3.63) is 17.5 Å². The lowest BCUT2D eigenvalue weighted by Gasteiger charge is -2.26. The van der Waals surface area contributed by atoms with Crippen molar-refractivity contribution in [3.8, 4) is 0 Å². The van der Waals surface area contributed by atoms with E-state index in [0.29, 0.717) is 12.0 Å². The van der Waals surface area contributed by atoms with E-state index in [1.54, 1.807) is 0 Å². The van der Waals surface area contributed by atoms with Gasteiger partial charge in [0.2, 0.25) is 0 Å². The minimum absolute atomic E-state index is 0.347. The highest BCUT2D eigenvalue weighted by molar-refractivity contribution is 5.10. The zero-order chi connectivity index (χ0) is 13.5. The van der Waals surface area contributed by atoms with E-state index in [1.165, 1.54) is 31.4 Å². The van der Waals surface area contributed by atoms with Crippen molar-refractivity contribution in [3.63, 3.8) is 0 Å². The quantitative estimate of drug-likeness (QED) is 0.551. The molecule has 4 nitrogen and oxygen atoms in total. The van der Waals surface area contributed by atoms with E-state index in [1.807, 2.05) is 18.7 Å². The third-order valence-corrected chi connectivity index (χ3v) is 3.63. The molecule has 0 aliphatic carbocycles. The van der Waals surface area contributed by atoms with Crippen LogP contribution in [0.1, 0.15) is 50.9 Å². The Morgan fingerprint density at radius 2 is 1.94 bits per heavy atom. The van der Waals surface area contributed by atoms with E-state index in [9.17, 15) is 0 Å². The molecule has 0 aliphatic heterocycles. The highest BCUT2D eigenvalue weighted by Crippen LogP contribution is 2.20. The predicted molar refractivity (Wildman–Crippen MR) is 76.1 cm³/mol. The first-order valence-electron chi connectivity index (χ1n) is 7.07. The minimum atomic E-state index is 0.347. The van der Waals surface area contributed by atoms with Crippen LogP contribution in [0.15, 0.2) is 6.07 Å². The zero-order valence-electron chi connectivity index (χ0n) is 12.2. The molecule has 1 unspecified atom stereocenters. The first kappa shape index (κ1) is 15.2. The number of hydrazine groups is 1. The summed E-state index contributed by atoms with van der Waals surface area (Å²) >= 11 is 0. The van der Waals surface area contributed by atoms with Crippen LogP contribution in [0.5, 0.6) is 0 Å². The maximum absolute atomic E-state index is 5.76. The van der Waals surface area contributed by atoms with Crippen LogP contribution in [0, 0.1) is 12.8 Å². The average Bonchev–Trinajstić information content (AvgIpc) is 2.64. The number of nitrogens with two attached hydrogens (primary N) is 1. The molecule has 0 bridgehead atoms. The summed E-state index contributed by atoms with van der Waals surface area (Å²) in [5, 5.41) is 4.40. The Bertz CT molecular complexity index is 340. The molecular weight excluding hydrogens is 224 g/mol. The molecule has 0 saturated heterocycles. The average molecular weight is 252 g/mol. The van der Waals surface area contributed by atoms with Gasteiger partial charge in [0, 0.05) is 25.2 Å². The van der Waals surface area contributed by atoms with Gasteiger partial charge in [0.1, 0.15) is 0 Å². The number of hydrogen-bond acceptors (Lipinski definition) is 3. The van der Waals surface area contributed by atoms with Gasteiger partial charge in [-0.25, -0.2) is 0 Å². The second-order valence-electron chi connectivity index (χ2n) is 5.22. The number of hydrogen-bond donors (Lipinski definition) is 2. The van der Waals surface area contributed by atoms with Crippen molar-refractivity contribution in [2.24, 2.45) is 18.8 Å². The number of nitrogens with one attached hydrogen (secondary N) is 1. The van der Waals surface area contributed by atoms with Crippen LogP contribution in [0.2, 0.25) is 0 Å². The molecule has 1 atom stereocenters. The van der Waals surface area contributed by atoms with Crippen molar-refractivity contribution in [1.29, 1.82) is 0 Å². The SMILES string of the molecule is CCCC(CCC)C(Cc1cc(C)nn1C)NN. The summed E-state index contributed by atoms with van der Waals surface area (Å²) < 4.78 is 1.97. The molecule has 0 spiro atoms. The summed E-state index contributed by atoms with van der Waals surface area (Å²) in [6.45, 7) is 6.51. The summed E-state index contributed by atoms with van der Waals surface area (Å²) in [7, 11) is 2.00. The Hall–Kier alpha value is -0.870. The molecule has 3 N–H and O–H groups in total. The fraction of sp³-hybridized carbons (Fsp3) is 0.786. The molecule has 4 heteroatoms. The summed E-state index contributed by atoms with van der Waals surface area (Å²) in [5.41, 5.74) is 5.35. The monoisotopic (exact) mass is 252 g/mol. The van der Waals surface area contributed by atoms with Crippen LogP contribution >= 0.6 is 0 Å². The lowest BCUT2D eigenvalue weighted by Crippen LogP contribution is -2.42. The summed E-state index contributed by atoms with van der Waals surface area (Å²) in [4.78, 5) is 0. The van der Waals surface area contributed by atoms with Gasteiger partial charge in [0.25, 0.3) is 0 Å². The summed E-state index contributed by atoms with van der Waals surface area (Å²) in [6, 6.07) is 2.50. The Balaban J connectivity index is 2.72. The number of aryl methyl sites for hydroxylation is 2. The smallest absolute Gasteiger partial charge is 0.0596 e. The second kappa shape index (κ2) is 7.54. The van der Waals surface area contributed by atoms with Crippen LogP contribution in [0.3, 0.4) is 0 Å². The van der Waals surface area contributed by atoms with E-state index in [2.05, 4.69) is 30.4 Å². The highest BCUT2D eigenvalue weighted by Gasteiger charge is 2.20. The Morgan fingerprint density at radius 3 is 2.33 bits per heavy atom. The molecule has 0 fully saturated rings. The molecule has 0 amide bonds. The van der Waals surface area contributed by atoms with Crippen LogP contribution in [-0.4, -0.2) is 15.8 Å². The van der Waals surface area contributed by atoms with Crippen LogP contribution in [0.4, 0.5) is 0 Å². The molecule has 0 saturated carbocycles. The Morgan fingerprint density at radius 1 is 1.33 bits per heavy atom. The standard InChI is InChI=1S/C14H28N4/c1-5-7-12(8-6-2)14(16-15)10-13-9-11(3)17-18(13)4/h9,12,14,16H,5-8,10,15H2,1-4H3. The van der Waals surface area contributed by atoms with Crippen LogP contribution in [-0.2, 0) is 13.5 Å². The van der Waals surface area contributed by atoms with Crippen LogP contribution < -0.4 is 11.3 Å². The van der Waals surface area contributed by atoms with Gasteiger partial charge in [0.15, 0.2) is 0 Å². The largest absolute Gasteiger partial charge is 0.272 e. The van der Waals surface area contributed by atoms with E-state index < -0.39 is 0 Å². The molecule has 18 heavy (non-hydrogen) atoms. The van der Waals surface area contributed by atoms with Gasteiger partial charge in [-0.05, 0) is 31.7 Å². The molecule has 1 heterocycles.